The minimum atomic E-state index is -0.657. The third kappa shape index (κ3) is 67.0. The summed E-state index contributed by atoms with van der Waals surface area (Å²) in [6.45, 7) is 8.98. The number of methoxy groups -OCH3 is 4. The van der Waals surface area contributed by atoms with Gasteiger partial charge in [-0.1, -0.05) is 68.2 Å². The van der Waals surface area contributed by atoms with E-state index < -0.39 is 12.2 Å². The van der Waals surface area contributed by atoms with Crippen molar-refractivity contribution in [3.63, 3.8) is 0 Å². The van der Waals surface area contributed by atoms with Gasteiger partial charge >= 0.3 is 36.4 Å². The summed E-state index contributed by atoms with van der Waals surface area (Å²) in [7, 11) is 12.3. The molecular formula is C31H72N6O12. The zero-order chi connectivity index (χ0) is 38.1. The van der Waals surface area contributed by atoms with Crippen LogP contribution in [0.5, 0.6) is 0 Å². The number of esters is 1. The number of carbonyl (C=O) groups excluding carboxylic acids is 6. The maximum atomic E-state index is 10.5. The van der Waals surface area contributed by atoms with Gasteiger partial charge in [0.2, 0.25) is 0 Å². The van der Waals surface area contributed by atoms with E-state index in [1.807, 2.05) is 6.92 Å². The summed E-state index contributed by atoms with van der Waals surface area (Å²) in [5.41, 5.74) is 0. The van der Waals surface area contributed by atoms with E-state index in [1.54, 1.807) is 21.0 Å². The Morgan fingerprint density at radius 1 is 0.612 bits per heavy atom. The van der Waals surface area contributed by atoms with Crippen molar-refractivity contribution in [3.8, 4) is 0 Å². The number of aliphatic hydroxyl groups excluding tert-OH is 1. The van der Waals surface area contributed by atoms with E-state index in [0.29, 0.717) is 13.0 Å². The Kier molecular flexibility index (Phi) is 69.0. The molecule has 1 aliphatic carbocycles. The Bertz CT molecular complexity index is 673. The molecule has 1 aliphatic rings. The summed E-state index contributed by atoms with van der Waals surface area (Å²) in [5.74, 6) is 1.88. The Hall–Kier alpha value is -4.22. The monoisotopic (exact) mass is 721 g/mol. The Morgan fingerprint density at radius 2 is 1.02 bits per heavy atom. The predicted octanol–water partition coefficient (Wildman–Crippen LogP) is 4.21. The number of urea groups is 2. The lowest BCUT2D eigenvalue weighted by atomic mass is 9.84. The van der Waals surface area contributed by atoms with Crippen molar-refractivity contribution in [1.29, 1.82) is 0 Å². The molecule has 0 aromatic carbocycles. The average molecular weight is 721 g/mol. The minimum Gasteiger partial charge on any atom is -0.469 e. The molecule has 0 aromatic rings. The molecule has 0 spiro atoms. The first-order valence-corrected chi connectivity index (χ1v) is 14.9. The Balaban J connectivity index is -0.0000000683. The summed E-state index contributed by atoms with van der Waals surface area (Å²) in [6, 6.07) is -0.517. The first-order valence-electron chi connectivity index (χ1n) is 14.9. The van der Waals surface area contributed by atoms with Gasteiger partial charge in [-0.05, 0) is 18.3 Å². The highest BCUT2D eigenvalue weighted by atomic mass is 16.7. The van der Waals surface area contributed by atoms with Crippen LogP contribution in [0.25, 0.3) is 0 Å². The molecule has 0 unspecified atom stereocenters. The molecule has 1 saturated carbocycles. The first kappa shape index (κ1) is 63.4. The standard InChI is InChI=1S/C8H16.C5H11N3O3.C5H11NO2.C4H8O2.C3H8N2O.C3H6O3.CH4O.2CH4/c1-7-3-5-8(2)6-4-7;1-6-4(9)7-3-8-5(10)11-2;1-3-4-8-5(7)6-2;1-3-4(5)6-2;1-4-3(6)5-2;1-5-3(4)6-2;1-2;;/h7-8H,3-6H2,1-2H3;3H2,1-2H3,(H,8,10)(H2,6,7,9);3-4H2,1-2H3,(H,6,7);3H2,1-2H3;1-2H3,(H2,4,5,6);1-2H3;2H,1H3;2*1H4. The second-order valence-electron chi connectivity index (χ2n) is 8.77. The maximum Gasteiger partial charge on any atom is 0.507 e. The number of carbonyl (C=O) groups is 6. The number of nitrogens with one attached hydrogen (secondary N) is 6. The van der Waals surface area contributed by atoms with Crippen LogP contribution in [-0.4, -0.2) is 118 Å². The first-order chi connectivity index (χ1) is 22.2. The van der Waals surface area contributed by atoms with E-state index in [9.17, 15) is 28.8 Å². The Morgan fingerprint density at radius 3 is 1.22 bits per heavy atom. The van der Waals surface area contributed by atoms with Crippen LogP contribution in [0.2, 0.25) is 0 Å². The molecular weight excluding hydrogens is 648 g/mol. The molecule has 0 bridgehead atoms. The number of aliphatic hydroxyl groups is 1. The van der Waals surface area contributed by atoms with Gasteiger partial charge in [-0.2, -0.15) is 0 Å². The Labute approximate surface area is 295 Å². The third-order valence-electron chi connectivity index (χ3n) is 5.14. The second kappa shape index (κ2) is 53.3. The molecule has 1 rings (SSSR count). The summed E-state index contributed by atoms with van der Waals surface area (Å²) in [4.78, 5) is 60.7. The average Bonchev–Trinajstić information content (AvgIpc) is 3.12. The fraction of sp³-hybridized carbons (Fsp3) is 0.806. The largest absolute Gasteiger partial charge is 0.507 e. The number of hydrogen-bond acceptors (Lipinski definition) is 12. The lowest BCUT2D eigenvalue weighted by Gasteiger charge is -2.22. The van der Waals surface area contributed by atoms with Crippen LogP contribution in [0.3, 0.4) is 0 Å². The van der Waals surface area contributed by atoms with Crippen molar-refractivity contribution in [2.75, 3.05) is 77.0 Å². The van der Waals surface area contributed by atoms with E-state index in [-0.39, 0.29) is 45.6 Å². The van der Waals surface area contributed by atoms with Crippen molar-refractivity contribution in [2.24, 2.45) is 11.8 Å². The molecule has 298 valence electrons. The van der Waals surface area contributed by atoms with Gasteiger partial charge in [-0.3, -0.25) is 4.79 Å². The molecule has 7 N–H and O–H groups in total. The maximum absolute atomic E-state index is 10.5. The van der Waals surface area contributed by atoms with Gasteiger partial charge in [-0.25, -0.2) is 24.0 Å². The molecule has 0 aromatic heterocycles. The molecule has 18 nitrogen and oxygen atoms in total. The quantitative estimate of drug-likeness (QED) is 0.120. The molecule has 0 heterocycles. The lowest BCUT2D eigenvalue weighted by molar-refractivity contribution is -0.140. The highest BCUT2D eigenvalue weighted by Crippen LogP contribution is 2.27. The van der Waals surface area contributed by atoms with Gasteiger partial charge in [0.1, 0.15) is 0 Å². The van der Waals surface area contributed by atoms with Gasteiger partial charge in [0, 0.05) is 41.7 Å². The minimum absolute atomic E-state index is 0. The number of hydrogen-bond donors (Lipinski definition) is 7. The molecule has 18 heteroatoms. The smallest absolute Gasteiger partial charge is 0.469 e. The van der Waals surface area contributed by atoms with Crippen LogP contribution >= 0.6 is 0 Å². The van der Waals surface area contributed by atoms with Crippen LogP contribution in [0, 0.1) is 11.8 Å². The van der Waals surface area contributed by atoms with Gasteiger partial charge in [0.15, 0.2) is 0 Å². The van der Waals surface area contributed by atoms with Crippen molar-refractivity contribution in [3.05, 3.63) is 0 Å². The summed E-state index contributed by atoms with van der Waals surface area (Å²) < 4.78 is 21.2. The van der Waals surface area contributed by atoms with Crippen molar-refractivity contribution in [2.45, 2.75) is 81.1 Å². The normalized spacial score (nSPS) is 12.4. The highest BCUT2D eigenvalue weighted by Gasteiger charge is 2.13. The number of rotatable bonds is 5. The number of amides is 6. The molecule has 0 aliphatic heterocycles. The molecule has 0 atom stereocenters. The van der Waals surface area contributed by atoms with Crippen LogP contribution in [0.4, 0.5) is 24.0 Å². The van der Waals surface area contributed by atoms with E-state index in [0.717, 1.165) is 25.4 Å². The molecule has 0 radical (unpaired) electrons. The highest BCUT2D eigenvalue weighted by molar-refractivity contribution is 5.74. The third-order valence-corrected chi connectivity index (χ3v) is 5.14. The van der Waals surface area contributed by atoms with Crippen LogP contribution in [-0.2, 0) is 28.5 Å². The van der Waals surface area contributed by atoms with E-state index in [2.05, 4.69) is 69.4 Å². The molecule has 49 heavy (non-hydrogen) atoms. The van der Waals surface area contributed by atoms with Crippen LogP contribution in [0.1, 0.15) is 81.1 Å². The van der Waals surface area contributed by atoms with Gasteiger partial charge < -0.3 is 60.7 Å². The lowest BCUT2D eigenvalue weighted by Crippen LogP contribution is -2.41. The summed E-state index contributed by atoms with van der Waals surface area (Å²) in [5, 5.41) is 21.0. The van der Waals surface area contributed by atoms with Crippen LogP contribution < -0.4 is 31.9 Å². The SMILES string of the molecule is C.C.CC1CCC(C)CC1.CCC(=O)OC.CCCOC(=O)NC.CNC(=O)NC.CNC(=O)NCNC(=O)OC.CO.COC(=O)OC. The zero-order valence-corrected chi connectivity index (χ0v) is 30.7. The van der Waals surface area contributed by atoms with Crippen LogP contribution in [0.15, 0.2) is 0 Å². The topological polar surface area (TPSA) is 241 Å². The van der Waals surface area contributed by atoms with Gasteiger partial charge in [-0.15, -0.1) is 0 Å². The fourth-order valence-electron chi connectivity index (χ4n) is 2.40. The fourth-order valence-corrected chi connectivity index (χ4v) is 2.40. The van der Waals surface area contributed by atoms with Crippen molar-refractivity contribution in [1.82, 2.24) is 31.9 Å². The van der Waals surface area contributed by atoms with Crippen molar-refractivity contribution < 1.29 is 57.6 Å². The molecule has 0 saturated heterocycles. The summed E-state index contributed by atoms with van der Waals surface area (Å²) in [6.07, 6.45) is 5.64. The van der Waals surface area contributed by atoms with E-state index in [1.165, 1.54) is 68.2 Å². The second-order valence-corrected chi connectivity index (χ2v) is 8.77. The van der Waals surface area contributed by atoms with Crippen molar-refractivity contribution >= 4 is 36.4 Å². The van der Waals surface area contributed by atoms with E-state index >= 15 is 0 Å². The zero-order valence-electron chi connectivity index (χ0n) is 30.7. The van der Waals surface area contributed by atoms with Gasteiger partial charge in [0.25, 0.3) is 0 Å². The van der Waals surface area contributed by atoms with E-state index in [4.69, 9.17) is 5.11 Å². The number of alkyl carbamates (subject to hydrolysis) is 2. The summed E-state index contributed by atoms with van der Waals surface area (Å²) >= 11 is 0. The predicted molar refractivity (Wildman–Crippen MR) is 192 cm³/mol. The van der Waals surface area contributed by atoms with Gasteiger partial charge in [0.05, 0.1) is 41.7 Å². The molecule has 6 amide bonds. The molecule has 1 fully saturated rings. The number of ether oxygens (including phenoxy) is 5.